The number of β-amino-alcohol motifs (C(OH)–C–C–N with tert-alkyl or cyclic N) is 1. The number of para-hydroxylation sites is 1. The predicted molar refractivity (Wildman–Crippen MR) is 111 cm³/mol. The zero-order valence-electron chi connectivity index (χ0n) is 16.6. The fraction of sp³-hybridized carbons (Fsp3) is 0.333. The van der Waals surface area contributed by atoms with E-state index in [0.29, 0.717) is 22.7 Å². The lowest BCUT2D eigenvalue weighted by molar-refractivity contribution is -0.108. The normalized spacial score (nSPS) is 21.4. The number of nitrogens with zero attached hydrogens (tertiary/aromatic N) is 3. The first-order valence-corrected chi connectivity index (χ1v) is 9.91. The van der Waals surface area contributed by atoms with Gasteiger partial charge < -0.3 is 24.6 Å². The van der Waals surface area contributed by atoms with Crippen molar-refractivity contribution in [3.8, 4) is 11.6 Å². The topological polar surface area (TPSA) is 87.9 Å². The second kappa shape index (κ2) is 8.41. The van der Waals surface area contributed by atoms with E-state index in [4.69, 9.17) is 21.1 Å². The van der Waals surface area contributed by atoms with Gasteiger partial charge in [-0.25, -0.2) is 18.7 Å². The van der Waals surface area contributed by atoms with Crippen LogP contribution < -0.4 is 14.4 Å². The first kappa shape index (κ1) is 21.5. The van der Waals surface area contributed by atoms with Crippen LogP contribution >= 0.6 is 11.6 Å². The number of halogens is 3. The quantitative estimate of drug-likeness (QED) is 0.616. The average Bonchev–Trinajstić information content (AvgIpc) is 2.74. The number of hydrogen-bond donors (Lipinski definition) is 2. The number of hydrogen-bond acceptors (Lipinski definition) is 7. The highest BCUT2D eigenvalue weighted by Gasteiger charge is 2.42. The number of fused-ring (bicyclic) bond motifs is 1. The van der Waals surface area contributed by atoms with E-state index in [9.17, 15) is 19.0 Å². The summed E-state index contributed by atoms with van der Waals surface area (Å²) in [5, 5.41) is 21.4. The van der Waals surface area contributed by atoms with Crippen molar-refractivity contribution in [2.24, 2.45) is 0 Å². The fourth-order valence-corrected chi connectivity index (χ4v) is 3.78. The van der Waals surface area contributed by atoms with Crippen LogP contribution in [-0.2, 0) is 0 Å². The van der Waals surface area contributed by atoms with Crippen molar-refractivity contribution >= 4 is 28.3 Å². The molecule has 4 rings (SSSR count). The van der Waals surface area contributed by atoms with Crippen molar-refractivity contribution in [1.82, 2.24) is 9.97 Å². The summed E-state index contributed by atoms with van der Waals surface area (Å²) in [6, 6.07) is 7.16. The van der Waals surface area contributed by atoms with Gasteiger partial charge in [0.2, 0.25) is 5.88 Å². The maximum absolute atomic E-state index is 14.2. The predicted octanol–water partition coefficient (Wildman–Crippen LogP) is 2.95. The van der Waals surface area contributed by atoms with Gasteiger partial charge in [0.15, 0.2) is 11.6 Å². The van der Waals surface area contributed by atoms with Gasteiger partial charge in [-0.3, -0.25) is 0 Å². The third-order valence-corrected chi connectivity index (χ3v) is 5.54. The monoisotopic (exact) mass is 451 g/mol. The summed E-state index contributed by atoms with van der Waals surface area (Å²) in [5.74, 6) is -0.925. The Morgan fingerprint density at radius 1 is 1.29 bits per heavy atom. The van der Waals surface area contributed by atoms with Gasteiger partial charge in [-0.1, -0.05) is 17.7 Å². The van der Waals surface area contributed by atoms with Crippen molar-refractivity contribution in [2.45, 2.75) is 18.1 Å². The summed E-state index contributed by atoms with van der Waals surface area (Å²) >= 11 is 5.67. The third kappa shape index (κ3) is 4.21. The van der Waals surface area contributed by atoms with Gasteiger partial charge >= 0.3 is 0 Å². The first-order chi connectivity index (χ1) is 14.8. The summed E-state index contributed by atoms with van der Waals surface area (Å²) in [5.41, 5.74) is -0.875. The summed E-state index contributed by atoms with van der Waals surface area (Å²) < 4.78 is 39.3. The van der Waals surface area contributed by atoms with Gasteiger partial charge in [0.1, 0.15) is 35.3 Å². The smallest absolute Gasteiger partial charge is 0.232 e. The van der Waals surface area contributed by atoms with Crippen LogP contribution in [0.3, 0.4) is 0 Å². The molecule has 31 heavy (non-hydrogen) atoms. The van der Waals surface area contributed by atoms with Gasteiger partial charge in [0, 0.05) is 18.1 Å². The number of anilines is 1. The lowest BCUT2D eigenvalue weighted by Crippen LogP contribution is -2.58. The SMILES string of the molecule is COc1cnc2c(OC[C@]3(O)CCN(c4c(F)cc(Cl)cc4F)C[C@H]3O)cccc2n1. The molecule has 2 aromatic carbocycles. The van der Waals surface area contributed by atoms with Crippen LogP contribution in [0.25, 0.3) is 11.0 Å². The number of rotatable bonds is 5. The van der Waals surface area contributed by atoms with Crippen molar-refractivity contribution < 1.29 is 28.5 Å². The zero-order valence-corrected chi connectivity index (χ0v) is 17.3. The van der Waals surface area contributed by atoms with E-state index in [1.807, 2.05) is 0 Å². The maximum atomic E-state index is 14.2. The van der Waals surface area contributed by atoms with E-state index in [0.717, 1.165) is 12.1 Å². The Morgan fingerprint density at radius 2 is 2.03 bits per heavy atom. The van der Waals surface area contributed by atoms with Crippen molar-refractivity contribution in [1.29, 1.82) is 0 Å². The highest BCUT2D eigenvalue weighted by atomic mass is 35.5. The molecule has 2 heterocycles. The summed E-state index contributed by atoms with van der Waals surface area (Å²) in [6.45, 7) is -0.304. The molecule has 7 nitrogen and oxygen atoms in total. The fourth-order valence-electron chi connectivity index (χ4n) is 3.59. The molecule has 3 aromatic rings. The van der Waals surface area contributed by atoms with Crippen LogP contribution in [0.1, 0.15) is 6.42 Å². The lowest BCUT2D eigenvalue weighted by atomic mass is 9.89. The first-order valence-electron chi connectivity index (χ1n) is 9.53. The van der Waals surface area contributed by atoms with Gasteiger partial charge in [-0.05, 0) is 30.7 Å². The minimum Gasteiger partial charge on any atom is -0.488 e. The van der Waals surface area contributed by atoms with Crippen LogP contribution in [0.2, 0.25) is 5.02 Å². The Kier molecular flexibility index (Phi) is 5.83. The molecule has 1 fully saturated rings. The molecule has 0 unspecified atom stereocenters. The van der Waals surface area contributed by atoms with Crippen LogP contribution in [0.15, 0.2) is 36.5 Å². The molecular weight excluding hydrogens is 432 g/mol. The van der Waals surface area contributed by atoms with Gasteiger partial charge in [-0.15, -0.1) is 0 Å². The van der Waals surface area contributed by atoms with Crippen LogP contribution in [0.4, 0.5) is 14.5 Å². The molecule has 1 aromatic heterocycles. The van der Waals surface area contributed by atoms with Crippen LogP contribution in [-0.4, -0.2) is 58.7 Å². The highest BCUT2D eigenvalue weighted by Crippen LogP contribution is 2.33. The number of methoxy groups -OCH3 is 1. The Balaban J connectivity index is 1.49. The minimum atomic E-state index is -1.61. The standard InChI is InChI=1S/C21H20ClF2N3O4/c1-30-18-9-25-19-15(26-18)3-2-4-16(19)31-11-21(29)5-6-27(10-17(21)28)20-13(23)7-12(22)8-14(20)24/h2-4,7-9,17,28-29H,5-6,10-11H2,1H3/t17-,21-/m1/s1. The van der Waals surface area contributed by atoms with Crippen molar-refractivity contribution in [3.63, 3.8) is 0 Å². The van der Waals surface area contributed by atoms with E-state index < -0.39 is 23.3 Å². The molecule has 0 aliphatic carbocycles. The second-order valence-corrected chi connectivity index (χ2v) is 7.79. The number of ether oxygens (including phenoxy) is 2. The molecule has 2 N–H and O–H groups in total. The molecule has 2 atom stereocenters. The Labute approximate surface area is 181 Å². The van der Waals surface area contributed by atoms with E-state index in [1.54, 1.807) is 18.2 Å². The highest BCUT2D eigenvalue weighted by molar-refractivity contribution is 6.30. The molecule has 0 spiro atoms. The molecule has 164 valence electrons. The summed E-state index contributed by atoms with van der Waals surface area (Å²) in [4.78, 5) is 9.90. The average molecular weight is 452 g/mol. The number of aliphatic hydroxyl groups is 2. The van der Waals surface area contributed by atoms with E-state index in [2.05, 4.69) is 9.97 Å². The van der Waals surface area contributed by atoms with Gasteiger partial charge in [-0.2, -0.15) is 0 Å². The Morgan fingerprint density at radius 3 is 2.71 bits per heavy atom. The van der Waals surface area contributed by atoms with E-state index in [1.165, 1.54) is 18.2 Å². The molecule has 0 radical (unpaired) electrons. The molecule has 1 saturated heterocycles. The summed E-state index contributed by atoms with van der Waals surface area (Å²) in [7, 11) is 1.49. The van der Waals surface area contributed by atoms with E-state index in [-0.39, 0.29) is 36.8 Å². The maximum Gasteiger partial charge on any atom is 0.232 e. The lowest BCUT2D eigenvalue weighted by Gasteiger charge is -2.42. The van der Waals surface area contributed by atoms with Crippen LogP contribution in [0.5, 0.6) is 11.6 Å². The number of benzene rings is 2. The second-order valence-electron chi connectivity index (χ2n) is 7.36. The molecule has 1 aliphatic rings. The molecule has 1 aliphatic heterocycles. The molecule has 10 heteroatoms. The number of aromatic nitrogens is 2. The van der Waals surface area contributed by atoms with Crippen molar-refractivity contribution in [3.05, 3.63) is 53.2 Å². The van der Waals surface area contributed by atoms with Gasteiger partial charge in [0.25, 0.3) is 0 Å². The number of piperidine rings is 1. The zero-order chi connectivity index (χ0) is 22.2. The van der Waals surface area contributed by atoms with Gasteiger partial charge in [0.05, 0.1) is 18.8 Å². The Hall–Kier alpha value is -2.75. The summed E-state index contributed by atoms with van der Waals surface area (Å²) in [6.07, 6.45) is 0.170. The molecule has 0 amide bonds. The Bertz CT molecular complexity index is 1100. The molecule has 0 bridgehead atoms. The van der Waals surface area contributed by atoms with Crippen LogP contribution in [0, 0.1) is 11.6 Å². The van der Waals surface area contributed by atoms with Crippen molar-refractivity contribution in [2.75, 3.05) is 31.7 Å². The largest absolute Gasteiger partial charge is 0.488 e. The number of aliphatic hydroxyl groups excluding tert-OH is 1. The minimum absolute atomic E-state index is 0.0277. The van der Waals surface area contributed by atoms with E-state index >= 15 is 0 Å². The third-order valence-electron chi connectivity index (χ3n) is 5.33. The molecular formula is C21H20ClF2N3O4. The molecule has 0 saturated carbocycles.